The van der Waals surface area contributed by atoms with Gasteiger partial charge in [0.15, 0.2) is 0 Å². The fraction of sp³-hybridized carbons (Fsp3) is 0.154. The van der Waals surface area contributed by atoms with Crippen LogP contribution < -0.4 is 9.62 Å². The van der Waals surface area contributed by atoms with Gasteiger partial charge in [0, 0.05) is 24.0 Å². The number of carbonyl (C=O) groups excluding carboxylic acids is 1. The number of imidazole rings is 1. The average molecular weight is 509 g/mol. The first-order valence-electron chi connectivity index (χ1n) is 10.9. The van der Waals surface area contributed by atoms with Crippen LogP contribution in [0.25, 0.3) is 5.69 Å². The Morgan fingerprint density at radius 2 is 1.77 bits per heavy atom. The molecule has 0 unspecified atom stereocenters. The molecule has 0 spiro atoms. The Bertz CT molecular complexity index is 1440. The van der Waals surface area contributed by atoms with Gasteiger partial charge in [0.2, 0.25) is 5.91 Å². The van der Waals surface area contributed by atoms with Crippen LogP contribution in [0.4, 0.5) is 5.69 Å². The van der Waals surface area contributed by atoms with Gasteiger partial charge in [-0.2, -0.15) is 0 Å². The van der Waals surface area contributed by atoms with Crippen LogP contribution in [0.1, 0.15) is 16.7 Å². The van der Waals surface area contributed by atoms with Gasteiger partial charge in [-0.25, -0.2) is 13.4 Å². The van der Waals surface area contributed by atoms with E-state index in [-0.39, 0.29) is 18.0 Å². The Balaban J connectivity index is 1.60. The summed E-state index contributed by atoms with van der Waals surface area (Å²) in [4.78, 5) is 17.2. The number of hydrogen-bond acceptors (Lipinski definition) is 4. The Hall–Kier alpha value is -3.62. The van der Waals surface area contributed by atoms with Gasteiger partial charge in [-0.1, -0.05) is 35.9 Å². The Morgan fingerprint density at radius 3 is 2.46 bits per heavy atom. The van der Waals surface area contributed by atoms with Crippen LogP contribution >= 0.6 is 11.6 Å². The molecule has 0 fully saturated rings. The summed E-state index contributed by atoms with van der Waals surface area (Å²) < 4.78 is 30.1. The second kappa shape index (κ2) is 10.3. The topological polar surface area (TPSA) is 84.3 Å². The molecule has 1 amide bonds. The minimum atomic E-state index is -4.02. The van der Waals surface area contributed by atoms with Crippen molar-refractivity contribution >= 4 is 33.2 Å². The van der Waals surface area contributed by atoms with E-state index >= 15 is 0 Å². The van der Waals surface area contributed by atoms with E-state index in [0.29, 0.717) is 10.7 Å². The molecule has 0 aliphatic carbocycles. The molecule has 9 heteroatoms. The number of carbonyl (C=O) groups is 1. The number of rotatable bonds is 8. The maximum absolute atomic E-state index is 13.6. The van der Waals surface area contributed by atoms with Gasteiger partial charge in [-0.15, -0.1) is 0 Å². The summed E-state index contributed by atoms with van der Waals surface area (Å²) >= 11 is 5.95. The molecule has 7 nitrogen and oxygen atoms in total. The van der Waals surface area contributed by atoms with Crippen molar-refractivity contribution in [2.24, 2.45) is 0 Å². The molecule has 4 aromatic rings. The van der Waals surface area contributed by atoms with Crippen molar-refractivity contribution in [1.82, 2.24) is 14.9 Å². The first kappa shape index (κ1) is 24.5. The highest BCUT2D eigenvalue weighted by Gasteiger charge is 2.27. The largest absolute Gasteiger partial charge is 0.350 e. The number of nitrogens with zero attached hydrogens (tertiary/aromatic N) is 3. The fourth-order valence-electron chi connectivity index (χ4n) is 3.62. The maximum atomic E-state index is 13.6. The van der Waals surface area contributed by atoms with Crippen molar-refractivity contribution in [2.75, 3.05) is 10.8 Å². The molecule has 0 aliphatic heterocycles. The normalized spacial score (nSPS) is 11.3. The number of aromatic nitrogens is 2. The van der Waals surface area contributed by atoms with Gasteiger partial charge in [-0.05, 0) is 73.0 Å². The van der Waals surface area contributed by atoms with Gasteiger partial charge >= 0.3 is 0 Å². The third kappa shape index (κ3) is 5.55. The van der Waals surface area contributed by atoms with Crippen LogP contribution in [-0.2, 0) is 21.4 Å². The minimum absolute atomic E-state index is 0.0541. The second-order valence-corrected chi connectivity index (χ2v) is 10.4. The number of sulfonamides is 1. The van der Waals surface area contributed by atoms with Crippen LogP contribution in [0.5, 0.6) is 0 Å². The number of hydrogen-bond donors (Lipinski definition) is 1. The van der Waals surface area contributed by atoms with Crippen LogP contribution in [0.15, 0.2) is 90.3 Å². The average Bonchev–Trinajstić information content (AvgIpc) is 3.38. The van der Waals surface area contributed by atoms with E-state index in [1.54, 1.807) is 24.7 Å². The molecule has 1 heterocycles. The third-order valence-electron chi connectivity index (χ3n) is 5.72. The SMILES string of the molecule is Cc1ccc(N(CC(=O)NCc2ccccc2-n2ccnc2)S(=O)(=O)c2ccc(Cl)cc2)cc1C. The lowest BCUT2D eigenvalue weighted by Gasteiger charge is -2.25. The van der Waals surface area contributed by atoms with Crippen molar-refractivity contribution < 1.29 is 13.2 Å². The van der Waals surface area contributed by atoms with Gasteiger partial charge < -0.3 is 9.88 Å². The van der Waals surface area contributed by atoms with Gasteiger partial charge in [0.1, 0.15) is 6.54 Å². The molecule has 0 radical (unpaired) electrons. The van der Waals surface area contributed by atoms with Crippen molar-refractivity contribution in [3.8, 4) is 5.69 Å². The zero-order valence-electron chi connectivity index (χ0n) is 19.3. The third-order valence-corrected chi connectivity index (χ3v) is 7.76. The van der Waals surface area contributed by atoms with Gasteiger partial charge in [-0.3, -0.25) is 9.10 Å². The number of amides is 1. The molecule has 1 aromatic heterocycles. The lowest BCUT2D eigenvalue weighted by molar-refractivity contribution is -0.119. The number of anilines is 1. The molecule has 0 saturated carbocycles. The highest BCUT2D eigenvalue weighted by atomic mass is 35.5. The predicted molar refractivity (Wildman–Crippen MR) is 137 cm³/mol. The molecule has 0 atom stereocenters. The molecule has 4 rings (SSSR count). The standard InChI is InChI=1S/C26H25ClN4O3S/c1-19-7-10-23(15-20(19)2)31(35(33,34)24-11-8-22(27)9-12-24)17-26(32)29-16-21-5-3-4-6-25(21)30-14-13-28-18-30/h3-15,18H,16-17H2,1-2H3,(H,29,32). The number of aryl methyl sites for hydroxylation is 2. The lowest BCUT2D eigenvalue weighted by atomic mass is 10.1. The fourth-order valence-corrected chi connectivity index (χ4v) is 5.16. The molecule has 35 heavy (non-hydrogen) atoms. The summed E-state index contributed by atoms with van der Waals surface area (Å²) in [7, 11) is -4.02. The minimum Gasteiger partial charge on any atom is -0.350 e. The molecule has 0 saturated heterocycles. The molecular weight excluding hydrogens is 484 g/mol. The van der Waals surface area contributed by atoms with Crippen molar-refractivity contribution in [3.63, 3.8) is 0 Å². The summed E-state index contributed by atoms with van der Waals surface area (Å²) in [6.07, 6.45) is 5.18. The van der Waals surface area contributed by atoms with Gasteiger partial charge in [0.25, 0.3) is 10.0 Å². The summed E-state index contributed by atoms with van der Waals surface area (Å²) in [6.45, 7) is 3.70. The van der Waals surface area contributed by atoms with Gasteiger partial charge in [0.05, 0.1) is 22.6 Å². The van der Waals surface area contributed by atoms with E-state index in [1.165, 1.54) is 24.3 Å². The molecule has 3 aromatic carbocycles. The van der Waals surface area contributed by atoms with Crippen LogP contribution in [0, 0.1) is 13.8 Å². The smallest absolute Gasteiger partial charge is 0.264 e. The Morgan fingerprint density at radius 1 is 1.03 bits per heavy atom. The van der Waals surface area contributed by atoms with Crippen molar-refractivity contribution in [3.05, 3.63) is 107 Å². The zero-order valence-corrected chi connectivity index (χ0v) is 20.9. The van der Waals surface area contributed by atoms with Crippen LogP contribution in [-0.4, -0.2) is 30.4 Å². The van der Waals surface area contributed by atoms with Crippen LogP contribution in [0.3, 0.4) is 0 Å². The number of nitrogens with one attached hydrogen (secondary N) is 1. The predicted octanol–water partition coefficient (Wildman–Crippen LogP) is 4.65. The first-order valence-corrected chi connectivity index (χ1v) is 12.8. The summed E-state index contributed by atoms with van der Waals surface area (Å²) in [6, 6.07) is 18.8. The van der Waals surface area contributed by atoms with E-state index in [0.717, 1.165) is 26.7 Å². The summed E-state index contributed by atoms with van der Waals surface area (Å²) in [5, 5.41) is 3.29. The van der Waals surface area contributed by atoms with E-state index in [1.807, 2.05) is 54.9 Å². The summed E-state index contributed by atoms with van der Waals surface area (Å²) in [5.41, 5.74) is 4.12. The van der Waals surface area contributed by atoms with E-state index in [4.69, 9.17) is 11.6 Å². The molecule has 180 valence electrons. The molecule has 1 N–H and O–H groups in total. The lowest BCUT2D eigenvalue weighted by Crippen LogP contribution is -2.40. The number of benzene rings is 3. The monoisotopic (exact) mass is 508 g/mol. The van der Waals surface area contributed by atoms with E-state index in [2.05, 4.69) is 10.3 Å². The first-order chi connectivity index (χ1) is 16.8. The molecule has 0 bridgehead atoms. The summed E-state index contributed by atoms with van der Waals surface area (Å²) in [5.74, 6) is -0.429. The Labute approximate surface area is 210 Å². The van der Waals surface area contributed by atoms with Crippen LogP contribution in [0.2, 0.25) is 5.02 Å². The highest BCUT2D eigenvalue weighted by Crippen LogP contribution is 2.26. The van der Waals surface area contributed by atoms with E-state index in [9.17, 15) is 13.2 Å². The maximum Gasteiger partial charge on any atom is 0.264 e. The van der Waals surface area contributed by atoms with Crippen molar-refractivity contribution in [1.29, 1.82) is 0 Å². The molecule has 0 aliphatic rings. The molecular formula is C26H25ClN4O3S. The van der Waals surface area contributed by atoms with Crippen molar-refractivity contribution in [2.45, 2.75) is 25.3 Å². The highest BCUT2D eigenvalue weighted by molar-refractivity contribution is 7.92. The number of halogens is 1. The Kier molecular flexibility index (Phi) is 7.23. The zero-order chi connectivity index (χ0) is 25.0. The van der Waals surface area contributed by atoms with E-state index < -0.39 is 15.9 Å². The number of para-hydroxylation sites is 1. The quantitative estimate of drug-likeness (QED) is 0.375. The second-order valence-electron chi connectivity index (χ2n) is 8.11.